The van der Waals surface area contributed by atoms with Crippen molar-refractivity contribution in [3.05, 3.63) is 23.4 Å². The van der Waals surface area contributed by atoms with Crippen LogP contribution in [0.4, 0.5) is 5.82 Å². The molecule has 0 bridgehead atoms. The van der Waals surface area contributed by atoms with Gasteiger partial charge in [-0.25, -0.2) is 9.78 Å². The number of aliphatic carboxylic acids is 1. The predicted octanol–water partition coefficient (Wildman–Crippen LogP) is 1.89. The van der Waals surface area contributed by atoms with Crippen molar-refractivity contribution in [3.8, 4) is 0 Å². The van der Waals surface area contributed by atoms with E-state index in [4.69, 9.17) is 4.98 Å². The fraction of sp³-hybridized carbons (Fsp3) is 0.741. The summed E-state index contributed by atoms with van der Waals surface area (Å²) in [7, 11) is 0. The van der Waals surface area contributed by atoms with Crippen molar-refractivity contribution >= 4 is 17.7 Å². The average molecular weight is 502 g/mol. The van der Waals surface area contributed by atoms with Gasteiger partial charge < -0.3 is 25.7 Å². The van der Waals surface area contributed by atoms with Crippen molar-refractivity contribution in [2.24, 2.45) is 5.92 Å². The van der Waals surface area contributed by atoms with Crippen molar-refractivity contribution in [3.63, 3.8) is 0 Å². The number of carboxylic acids is 1. The summed E-state index contributed by atoms with van der Waals surface area (Å²) in [6, 6.07) is 3.10. The minimum absolute atomic E-state index is 0.240. The Morgan fingerprint density at radius 1 is 1.25 bits per heavy atom. The first-order valence-corrected chi connectivity index (χ1v) is 13.6. The maximum Gasteiger partial charge on any atom is 0.326 e. The largest absolute Gasteiger partial charge is 0.480 e. The lowest BCUT2D eigenvalue weighted by molar-refractivity contribution is -0.143. The number of fused-ring (bicyclic) bond motifs is 1. The topological polar surface area (TPSA) is 118 Å². The highest BCUT2D eigenvalue weighted by Crippen LogP contribution is 2.25. The molecule has 1 aromatic heterocycles. The van der Waals surface area contributed by atoms with Crippen LogP contribution in [0, 0.1) is 5.92 Å². The molecule has 4 N–H and O–H groups in total. The van der Waals surface area contributed by atoms with Gasteiger partial charge in [0.1, 0.15) is 11.9 Å². The first kappa shape index (κ1) is 26.8. The zero-order chi connectivity index (χ0) is 25.7. The second-order valence-corrected chi connectivity index (χ2v) is 11.5. The number of anilines is 1. The van der Waals surface area contributed by atoms with Gasteiger partial charge in [0.25, 0.3) is 0 Å². The van der Waals surface area contributed by atoms with E-state index in [1.165, 1.54) is 12.0 Å². The molecule has 0 aliphatic carbocycles. The zero-order valence-electron chi connectivity index (χ0n) is 21.8. The van der Waals surface area contributed by atoms with Gasteiger partial charge in [0.15, 0.2) is 0 Å². The molecular weight excluding hydrogens is 458 g/mol. The molecule has 2 saturated heterocycles. The van der Waals surface area contributed by atoms with Crippen molar-refractivity contribution in [2.75, 3.05) is 44.6 Å². The fourth-order valence-corrected chi connectivity index (χ4v) is 5.86. The summed E-state index contributed by atoms with van der Waals surface area (Å²) in [4.78, 5) is 33.9. The number of likely N-dealkylation sites (tertiary alicyclic amines) is 2. The number of aliphatic hydroxyl groups is 1. The average Bonchev–Trinajstić information content (AvgIpc) is 3.48. The Labute approximate surface area is 214 Å². The number of hydrogen-bond donors (Lipinski definition) is 4. The second-order valence-electron chi connectivity index (χ2n) is 11.5. The molecule has 3 aliphatic rings. The molecule has 1 amide bonds. The van der Waals surface area contributed by atoms with Crippen molar-refractivity contribution in [1.29, 1.82) is 0 Å². The normalized spacial score (nSPS) is 23.8. The molecule has 2 fully saturated rings. The number of rotatable bonds is 11. The number of carboxylic acid groups (broad SMARTS) is 1. The van der Waals surface area contributed by atoms with E-state index in [0.717, 1.165) is 69.8 Å². The van der Waals surface area contributed by atoms with Crippen LogP contribution in [-0.4, -0.2) is 93.8 Å². The van der Waals surface area contributed by atoms with E-state index in [2.05, 4.69) is 27.7 Å². The highest BCUT2D eigenvalue weighted by atomic mass is 16.4. The molecule has 4 rings (SSSR count). The number of amides is 1. The van der Waals surface area contributed by atoms with Crippen LogP contribution in [0.3, 0.4) is 0 Å². The van der Waals surface area contributed by atoms with Crippen molar-refractivity contribution < 1.29 is 19.8 Å². The van der Waals surface area contributed by atoms with Gasteiger partial charge in [-0.1, -0.05) is 6.07 Å². The van der Waals surface area contributed by atoms with E-state index in [1.807, 2.05) is 4.90 Å². The van der Waals surface area contributed by atoms with E-state index in [0.29, 0.717) is 31.8 Å². The summed E-state index contributed by atoms with van der Waals surface area (Å²) < 4.78 is 0. The van der Waals surface area contributed by atoms with Crippen LogP contribution < -0.4 is 10.6 Å². The molecule has 1 unspecified atom stereocenters. The molecule has 0 aromatic carbocycles. The summed E-state index contributed by atoms with van der Waals surface area (Å²) >= 11 is 0. The summed E-state index contributed by atoms with van der Waals surface area (Å²) in [5.74, 6) is 0.408. The molecule has 9 nitrogen and oxygen atoms in total. The number of nitrogens with one attached hydrogen (secondary N) is 2. The molecule has 1 aromatic rings. The molecule has 4 heterocycles. The first-order chi connectivity index (χ1) is 17.2. The molecule has 3 aliphatic heterocycles. The molecule has 0 spiro atoms. The minimum atomic E-state index is -0.988. The number of pyridine rings is 1. The van der Waals surface area contributed by atoms with E-state index >= 15 is 0 Å². The highest BCUT2D eigenvalue weighted by Gasteiger charge is 2.35. The second kappa shape index (κ2) is 11.9. The van der Waals surface area contributed by atoms with Gasteiger partial charge in [-0.05, 0) is 95.9 Å². The number of β-amino-alcohol motifs (C(OH)–C–C–N with tert-alkyl or cyclic N) is 1. The SMILES string of the molecule is CC(C)(O)CN1CCC[C@H]1C(=O)NC(CCN1CC[C@@H](CCc2ccc3c(n2)NCCC3)C1)C(=O)O. The fourth-order valence-electron chi connectivity index (χ4n) is 5.86. The number of aryl methyl sites for hydroxylation is 2. The van der Waals surface area contributed by atoms with Gasteiger partial charge in [0.2, 0.25) is 5.91 Å². The van der Waals surface area contributed by atoms with Crippen molar-refractivity contribution in [2.45, 2.75) is 82.9 Å². The van der Waals surface area contributed by atoms with E-state index in [9.17, 15) is 19.8 Å². The van der Waals surface area contributed by atoms with Gasteiger partial charge in [-0.15, -0.1) is 0 Å². The number of hydrogen-bond acceptors (Lipinski definition) is 7. The predicted molar refractivity (Wildman–Crippen MR) is 139 cm³/mol. The lowest BCUT2D eigenvalue weighted by Crippen LogP contribution is -2.52. The van der Waals surface area contributed by atoms with Crippen LogP contribution >= 0.6 is 0 Å². The van der Waals surface area contributed by atoms with Gasteiger partial charge in [0, 0.05) is 31.9 Å². The molecular formula is C27H43N5O4. The molecule has 9 heteroatoms. The molecule has 3 atom stereocenters. The smallest absolute Gasteiger partial charge is 0.326 e. The van der Waals surface area contributed by atoms with E-state index in [1.54, 1.807) is 13.8 Å². The maximum atomic E-state index is 12.9. The minimum Gasteiger partial charge on any atom is -0.480 e. The summed E-state index contributed by atoms with van der Waals surface area (Å²) in [5.41, 5.74) is 1.56. The quantitative estimate of drug-likeness (QED) is 0.363. The van der Waals surface area contributed by atoms with Crippen molar-refractivity contribution in [1.82, 2.24) is 20.1 Å². The Hall–Kier alpha value is -2.23. The van der Waals surface area contributed by atoms with Gasteiger partial charge in [-0.3, -0.25) is 9.69 Å². The molecule has 0 saturated carbocycles. The third-order valence-electron chi connectivity index (χ3n) is 7.74. The Balaban J connectivity index is 1.21. The van der Waals surface area contributed by atoms with E-state index in [-0.39, 0.29) is 11.9 Å². The molecule has 0 radical (unpaired) electrons. The van der Waals surface area contributed by atoms with Crippen LogP contribution in [0.5, 0.6) is 0 Å². The Bertz CT molecular complexity index is 918. The number of aromatic nitrogens is 1. The molecule has 200 valence electrons. The standard InChI is InChI=1S/C27H43N5O4/c1-27(2,36)18-32-14-4-6-23(32)25(33)30-22(26(34)35)12-16-31-15-11-19(17-31)7-9-21-10-8-20-5-3-13-28-24(20)29-21/h8,10,19,22-23,36H,3-7,9,11-18H2,1-2H3,(H,28,29)(H,30,33)(H,34,35)/t19-,22?,23+/m1/s1. The Kier molecular flexibility index (Phi) is 8.85. The number of nitrogens with zero attached hydrogens (tertiary/aromatic N) is 3. The lowest BCUT2D eigenvalue weighted by atomic mass is 10.00. The van der Waals surface area contributed by atoms with Crippen LogP contribution in [-0.2, 0) is 22.4 Å². The van der Waals surface area contributed by atoms with Crippen LogP contribution in [0.15, 0.2) is 12.1 Å². The van der Waals surface area contributed by atoms with Gasteiger partial charge in [0.05, 0.1) is 11.6 Å². The monoisotopic (exact) mass is 501 g/mol. The summed E-state index contributed by atoms with van der Waals surface area (Å²) in [6.45, 7) is 8.18. The zero-order valence-corrected chi connectivity index (χ0v) is 21.8. The summed E-state index contributed by atoms with van der Waals surface area (Å²) in [6.07, 6.45) is 7.38. The first-order valence-electron chi connectivity index (χ1n) is 13.6. The summed E-state index contributed by atoms with van der Waals surface area (Å²) in [5, 5.41) is 26.1. The van der Waals surface area contributed by atoms with Gasteiger partial charge in [-0.2, -0.15) is 0 Å². The van der Waals surface area contributed by atoms with Crippen LogP contribution in [0.2, 0.25) is 0 Å². The van der Waals surface area contributed by atoms with Gasteiger partial charge >= 0.3 is 5.97 Å². The molecule has 36 heavy (non-hydrogen) atoms. The third kappa shape index (κ3) is 7.40. The number of carbonyl (C=O) groups is 2. The van der Waals surface area contributed by atoms with E-state index < -0.39 is 17.6 Å². The lowest BCUT2D eigenvalue weighted by Gasteiger charge is -2.30. The highest BCUT2D eigenvalue weighted by molar-refractivity contribution is 5.87. The number of carbonyl (C=O) groups excluding carboxylic acids is 1. The maximum absolute atomic E-state index is 12.9. The van der Waals surface area contributed by atoms with Crippen LogP contribution in [0.1, 0.15) is 63.6 Å². The van der Waals surface area contributed by atoms with Crippen LogP contribution in [0.25, 0.3) is 0 Å². The Morgan fingerprint density at radius 2 is 2.08 bits per heavy atom. The Morgan fingerprint density at radius 3 is 2.86 bits per heavy atom. The third-order valence-corrected chi connectivity index (χ3v) is 7.74.